The monoisotopic (exact) mass is 293 g/mol. The fraction of sp³-hybridized carbons (Fsp3) is 0.533. The fourth-order valence-corrected chi connectivity index (χ4v) is 3.44. The number of thiophene rings is 1. The maximum Gasteiger partial charge on any atom is 0.0731 e. The summed E-state index contributed by atoms with van der Waals surface area (Å²) in [6.45, 7) is 7.20. The highest BCUT2D eigenvalue weighted by molar-refractivity contribution is 7.12. The van der Waals surface area contributed by atoms with Gasteiger partial charge >= 0.3 is 0 Å². The van der Waals surface area contributed by atoms with Gasteiger partial charge in [-0.1, -0.05) is 13.3 Å². The van der Waals surface area contributed by atoms with Gasteiger partial charge in [0.15, 0.2) is 0 Å². The van der Waals surface area contributed by atoms with Crippen molar-refractivity contribution in [2.45, 2.75) is 46.2 Å². The molecule has 0 fully saturated rings. The normalized spacial score (nSPS) is 12.6. The molecule has 0 aliphatic heterocycles. The van der Waals surface area contributed by atoms with E-state index in [9.17, 15) is 0 Å². The molecule has 2 heterocycles. The minimum Gasteiger partial charge on any atom is -0.394 e. The summed E-state index contributed by atoms with van der Waals surface area (Å²) in [7, 11) is 0. The first-order valence-electron chi connectivity index (χ1n) is 7.10. The van der Waals surface area contributed by atoms with Crippen molar-refractivity contribution in [3.63, 3.8) is 0 Å². The predicted molar refractivity (Wildman–Crippen MR) is 84.4 cm³/mol. The van der Waals surface area contributed by atoms with Crippen LogP contribution in [-0.2, 0) is 6.54 Å². The van der Waals surface area contributed by atoms with Crippen LogP contribution in [0.3, 0.4) is 0 Å². The van der Waals surface area contributed by atoms with Crippen LogP contribution >= 0.6 is 11.3 Å². The lowest BCUT2D eigenvalue weighted by atomic mass is 10.0. The molecule has 1 unspecified atom stereocenters. The SMILES string of the molecule is CCCC(Nc1cnn(CCO)c1)c1cc(C)sc1C. The molecule has 4 nitrogen and oxygen atoms in total. The van der Waals surface area contributed by atoms with E-state index in [1.807, 2.05) is 23.7 Å². The molecule has 20 heavy (non-hydrogen) atoms. The summed E-state index contributed by atoms with van der Waals surface area (Å²) in [5.41, 5.74) is 2.41. The summed E-state index contributed by atoms with van der Waals surface area (Å²) < 4.78 is 1.76. The number of rotatable bonds is 7. The molecule has 2 rings (SSSR count). The lowest BCUT2D eigenvalue weighted by Gasteiger charge is -2.18. The highest BCUT2D eigenvalue weighted by Crippen LogP contribution is 2.31. The van der Waals surface area contributed by atoms with Gasteiger partial charge in [0.1, 0.15) is 0 Å². The predicted octanol–water partition coefficient (Wildman–Crippen LogP) is 3.51. The summed E-state index contributed by atoms with van der Waals surface area (Å²) in [5, 5.41) is 16.7. The number of aromatic nitrogens is 2. The number of hydrogen-bond donors (Lipinski definition) is 2. The third-order valence-electron chi connectivity index (χ3n) is 3.34. The van der Waals surface area contributed by atoms with Crippen molar-refractivity contribution in [2.24, 2.45) is 0 Å². The van der Waals surface area contributed by atoms with E-state index in [4.69, 9.17) is 5.11 Å². The minimum absolute atomic E-state index is 0.113. The zero-order valence-corrected chi connectivity index (χ0v) is 13.2. The standard InChI is InChI=1S/C15H23N3OS/c1-4-5-15(14-8-11(2)20-12(14)3)17-13-9-16-18(10-13)6-7-19/h8-10,15,17,19H,4-7H2,1-3H3. The van der Waals surface area contributed by atoms with E-state index in [0.717, 1.165) is 18.5 Å². The van der Waals surface area contributed by atoms with Gasteiger partial charge in [-0.25, -0.2) is 0 Å². The number of aryl methyl sites for hydroxylation is 2. The van der Waals surface area contributed by atoms with E-state index in [0.29, 0.717) is 12.6 Å². The molecule has 2 aromatic heterocycles. The quantitative estimate of drug-likeness (QED) is 0.821. The van der Waals surface area contributed by atoms with Crippen LogP contribution in [0, 0.1) is 13.8 Å². The lowest BCUT2D eigenvalue weighted by molar-refractivity contribution is 0.269. The van der Waals surface area contributed by atoms with Crippen molar-refractivity contribution in [1.82, 2.24) is 9.78 Å². The molecule has 0 aliphatic rings. The minimum atomic E-state index is 0.113. The van der Waals surface area contributed by atoms with Gasteiger partial charge in [0, 0.05) is 16.0 Å². The number of aliphatic hydroxyl groups is 1. The van der Waals surface area contributed by atoms with Crippen molar-refractivity contribution < 1.29 is 5.11 Å². The van der Waals surface area contributed by atoms with Crippen molar-refractivity contribution in [3.05, 3.63) is 33.8 Å². The van der Waals surface area contributed by atoms with E-state index in [-0.39, 0.29) is 6.61 Å². The molecule has 5 heteroatoms. The van der Waals surface area contributed by atoms with E-state index in [1.54, 1.807) is 4.68 Å². The highest BCUT2D eigenvalue weighted by atomic mass is 32.1. The Balaban J connectivity index is 2.14. The van der Waals surface area contributed by atoms with Gasteiger partial charge in [0.25, 0.3) is 0 Å². The van der Waals surface area contributed by atoms with Gasteiger partial charge in [-0.2, -0.15) is 5.10 Å². The number of anilines is 1. The zero-order chi connectivity index (χ0) is 14.5. The molecule has 0 spiro atoms. The van der Waals surface area contributed by atoms with Crippen LogP contribution in [0.1, 0.15) is 41.1 Å². The number of aliphatic hydroxyl groups excluding tert-OH is 1. The fourth-order valence-electron chi connectivity index (χ4n) is 2.45. The average molecular weight is 293 g/mol. The molecule has 2 aromatic rings. The van der Waals surface area contributed by atoms with Crippen molar-refractivity contribution >= 4 is 17.0 Å². The first-order chi connectivity index (χ1) is 9.63. The maximum atomic E-state index is 8.93. The summed E-state index contributed by atoms with van der Waals surface area (Å²) in [6, 6.07) is 2.61. The first kappa shape index (κ1) is 15.1. The second kappa shape index (κ2) is 6.90. The third-order valence-corrected chi connectivity index (χ3v) is 4.32. The number of nitrogens with one attached hydrogen (secondary N) is 1. The van der Waals surface area contributed by atoms with Gasteiger partial charge in [0.2, 0.25) is 0 Å². The second-order valence-electron chi connectivity index (χ2n) is 5.07. The largest absolute Gasteiger partial charge is 0.394 e. The molecular weight excluding hydrogens is 270 g/mol. The lowest BCUT2D eigenvalue weighted by Crippen LogP contribution is -2.10. The molecule has 0 radical (unpaired) electrons. The first-order valence-corrected chi connectivity index (χ1v) is 7.92. The van der Waals surface area contributed by atoms with Crippen LogP contribution in [0.2, 0.25) is 0 Å². The summed E-state index contributed by atoms with van der Waals surface area (Å²) in [4.78, 5) is 2.74. The summed E-state index contributed by atoms with van der Waals surface area (Å²) in [6.07, 6.45) is 6.01. The van der Waals surface area contributed by atoms with Gasteiger partial charge in [-0.15, -0.1) is 11.3 Å². The highest BCUT2D eigenvalue weighted by Gasteiger charge is 2.15. The van der Waals surface area contributed by atoms with Crippen molar-refractivity contribution in [2.75, 3.05) is 11.9 Å². The smallest absolute Gasteiger partial charge is 0.0731 e. The molecule has 0 saturated carbocycles. The molecular formula is C15H23N3OS. The molecule has 0 saturated heterocycles. The Morgan fingerprint density at radius 3 is 2.85 bits per heavy atom. The van der Waals surface area contributed by atoms with E-state index in [2.05, 4.69) is 37.3 Å². The Morgan fingerprint density at radius 1 is 1.45 bits per heavy atom. The van der Waals surface area contributed by atoms with Crippen LogP contribution in [0.5, 0.6) is 0 Å². The van der Waals surface area contributed by atoms with Crippen LogP contribution in [0.4, 0.5) is 5.69 Å². The van der Waals surface area contributed by atoms with Crippen LogP contribution in [0.25, 0.3) is 0 Å². The second-order valence-corrected chi connectivity index (χ2v) is 6.53. The van der Waals surface area contributed by atoms with E-state index < -0.39 is 0 Å². The van der Waals surface area contributed by atoms with Gasteiger partial charge in [-0.05, 0) is 31.9 Å². The molecule has 0 aliphatic carbocycles. The Kier molecular flexibility index (Phi) is 5.20. The molecule has 110 valence electrons. The molecule has 2 N–H and O–H groups in total. The number of nitrogens with zero attached hydrogens (tertiary/aromatic N) is 2. The van der Waals surface area contributed by atoms with Gasteiger partial charge in [0.05, 0.1) is 31.1 Å². The maximum absolute atomic E-state index is 8.93. The van der Waals surface area contributed by atoms with E-state index >= 15 is 0 Å². The summed E-state index contributed by atoms with van der Waals surface area (Å²) in [5.74, 6) is 0. The van der Waals surface area contributed by atoms with Crippen LogP contribution < -0.4 is 5.32 Å². The number of hydrogen-bond acceptors (Lipinski definition) is 4. The molecule has 1 atom stereocenters. The third kappa shape index (κ3) is 3.61. The topological polar surface area (TPSA) is 50.1 Å². The molecule has 0 amide bonds. The van der Waals surface area contributed by atoms with Gasteiger partial charge < -0.3 is 10.4 Å². The van der Waals surface area contributed by atoms with Crippen molar-refractivity contribution in [3.8, 4) is 0 Å². The Labute approximate surface area is 124 Å². The van der Waals surface area contributed by atoms with Gasteiger partial charge in [-0.3, -0.25) is 4.68 Å². The Hall–Kier alpha value is -1.33. The van der Waals surface area contributed by atoms with Crippen molar-refractivity contribution in [1.29, 1.82) is 0 Å². The van der Waals surface area contributed by atoms with Crippen LogP contribution in [-0.4, -0.2) is 21.5 Å². The zero-order valence-electron chi connectivity index (χ0n) is 12.4. The summed E-state index contributed by atoms with van der Waals surface area (Å²) >= 11 is 1.85. The van der Waals surface area contributed by atoms with E-state index in [1.165, 1.54) is 15.3 Å². The Morgan fingerprint density at radius 2 is 2.25 bits per heavy atom. The average Bonchev–Trinajstić information content (AvgIpc) is 2.96. The van der Waals surface area contributed by atoms with Crippen LogP contribution in [0.15, 0.2) is 18.5 Å². The molecule has 0 bridgehead atoms. The molecule has 0 aromatic carbocycles. The Bertz CT molecular complexity index is 547.